The van der Waals surface area contributed by atoms with Crippen LogP contribution in [0, 0.1) is 0 Å². The zero-order valence-corrected chi connectivity index (χ0v) is 11.6. The van der Waals surface area contributed by atoms with Gasteiger partial charge in [0.1, 0.15) is 0 Å². The molecular weight excluding hydrogens is 297 g/mol. The highest BCUT2D eigenvalue weighted by molar-refractivity contribution is 7.22. The van der Waals surface area contributed by atoms with E-state index >= 15 is 0 Å². The van der Waals surface area contributed by atoms with Crippen molar-refractivity contribution < 1.29 is 13.2 Å². The number of nitrogens with zero attached hydrogens (tertiary/aromatic N) is 1. The van der Waals surface area contributed by atoms with E-state index in [-0.39, 0.29) is 4.70 Å². The van der Waals surface area contributed by atoms with Crippen molar-refractivity contribution in [2.24, 2.45) is 5.73 Å². The summed E-state index contributed by atoms with van der Waals surface area (Å²) in [6.07, 6.45) is -2.74. The Labute approximate surface area is 123 Å². The van der Waals surface area contributed by atoms with Crippen LogP contribution in [-0.4, -0.2) is 4.98 Å². The number of pyridine rings is 1. The van der Waals surface area contributed by atoms with Crippen LogP contribution in [0.3, 0.4) is 0 Å². The second-order valence-corrected chi connectivity index (χ2v) is 5.64. The maximum absolute atomic E-state index is 13.0. The van der Waals surface area contributed by atoms with Gasteiger partial charge in [-0.05, 0) is 35.2 Å². The summed E-state index contributed by atoms with van der Waals surface area (Å²) in [4.78, 5) is 4.92. The molecular formula is C15H11F3N2S. The van der Waals surface area contributed by atoms with Crippen molar-refractivity contribution in [1.82, 2.24) is 4.98 Å². The zero-order valence-electron chi connectivity index (χ0n) is 10.8. The van der Waals surface area contributed by atoms with E-state index < -0.39 is 11.7 Å². The van der Waals surface area contributed by atoms with E-state index in [4.69, 9.17) is 5.73 Å². The van der Waals surface area contributed by atoms with Crippen LogP contribution in [0.25, 0.3) is 20.7 Å². The van der Waals surface area contributed by atoms with E-state index in [2.05, 4.69) is 4.98 Å². The summed E-state index contributed by atoms with van der Waals surface area (Å²) in [6.45, 7) is 0.369. The van der Waals surface area contributed by atoms with Gasteiger partial charge in [-0.2, -0.15) is 13.2 Å². The molecule has 2 nitrogen and oxygen atoms in total. The maximum Gasteiger partial charge on any atom is 0.417 e. The highest BCUT2D eigenvalue weighted by atomic mass is 32.1. The fourth-order valence-electron chi connectivity index (χ4n) is 2.15. The van der Waals surface area contributed by atoms with Crippen LogP contribution in [0.4, 0.5) is 13.2 Å². The molecule has 0 bridgehead atoms. The van der Waals surface area contributed by atoms with Gasteiger partial charge in [-0.1, -0.05) is 12.1 Å². The van der Waals surface area contributed by atoms with E-state index in [9.17, 15) is 13.2 Å². The predicted molar refractivity (Wildman–Crippen MR) is 77.9 cm³/mol. The molecule has 0 unspecified atom stereocenters. The third-order valence-electron chi connectivity index (χ3n) is 3.16. The molecule has 0 aliphatic rings. The normalized spacial score (nSPS) is 12.0. The van der Waals surface area contributed by atoms with Crippen molar-refractivity contribution in [3.63, 3.8) is 0 Å². The van der Waals surface area contributed by atoms with Crippen LogP contribution in [0.5, 0.6) is 0 Å². The number of hydrogen-bond donors (Lipinski definition) is 1. The van der Waals surface area contributed by atoms with E-state index in [0.29, 0.717) is 22.5 Å². The first-order valence-corrected chi connectivity index (χ1v) is 7.06. The third kappa shape index (κ3) is 2.64. The summed E-state index contributed by atoms with van der Waals surface area (Å²) in [5.74, 6) is 0. The molecule has 0 radical (unpaired) electrons. The minimum Gasteiger partial charge on any atom is -0.326 e. The van der Waals surface area contributed by atoms with Crippen molar-refractivity contribution in [3.05, 3.63) is 53.7 Å². The van der Waals surface area contributed by atoms with E-state index in [0.717, 1.165) is 23.0 Å². The van der Waals surface area contributed by atoms with Gasteiger partial charge in [0.05, 0.1) is 16.1 Å². The Morgan fingerprint density at radius 3 is 2.67 bits per heavy atom. The Bertz CT molecular complexity index is 793. The Morgan fingerprint density at radius 1 is 1.14 bits per heavy atom. The summed E-state index contributed by atoms with van der Waals surface area (Å²) in [5.41, 5.74) is 6.52. The van der Waals surface area contributed by atoms with Gasteiger partial charge < -0.3 is 5.73 Å². The zero-order chi connectivity index (χ0) is 15.0. The molecule has 2 aromatic heterocycles. The molecule has 108 valence electrons. The molecule has 0 amide bonds. The van der Waals surface area contributed by atoms with Crippen molar-refractivity contribution in [1.29, 1.82) is 0 Å². The summed E-state index contributed by atoms with van der Waals surface area (Å²) in [7, 11) is 0. The predicted octanol–water partition coefficient (Wildman–Crippen LogP) is 4.44. The van der Waals surface area contributed by atoms with Gasteiger partial charge in [0.2, 0.25) is 0 Å². The Balaban J connectivity index is 2.17. The molecule has 0 aliphatic carbocycles. The maximum atomic E-state index is 13.0. The molecule has 21 heavy (non-hydrogen) atoms. The van der Waals surface area contributed by atoms with Gasteiger partial charge in [-0.3, -0.25) is 4.98 Å². The summed E-state index contributed by atoms with van der Waals surface area (Å²) < 4.78 is 39.3. The van der Waals surface area contributed by atoms with Crippen LogP contribution in [0.2, 0.25) is 0 Å². The minimum atomic E-state index is -4.35. The number of halogens is 3. The number of nitrogens with two attached hydrogens (primary N) is 1. The van der Waals surface area contributed by atoms with Gasteiger partial charge in [-0.25, -0.2) is 0 Å². The quantitative estimate of drug-likeness (QED) is 0.760. The van der Waals surface area contributed by atoms with Crippen LogP contribution in [-0.2, 0) is 12.7 Å². The first-order valence-electron chi connectivity index (χ1n) is 6.24. The third-order valence-corrected chi connectivity index (χ3v) is 4.37. The fraction of sp³-hybridized carbons (Fsp3) is 0.133. The minimum absolute atomic E-state index is 0.236. The highest BCUT2D eigenvalue weighted by Gasteiger charge is 2.33. The number of benzene rings is 1. The van der Waals surface area contributed by atoms with E-state index in [1.54, 1.807) is 30.5 Å². The molecule has 0 atom stereocenters. The number of alkyl halides is 3. The molecule has 2 N–H and O–H groups in total. The molecule has 0 spiro atoms. The summed E-state index contributed by atoms with van der Waals surface area (Å²) in [5, 5.41) is 0.574. The van der Waals surface area contributed by atoms with Gasteiger partial charge in [0, 0.05) is 17.4 Å². The molecule has 1 aromatic carbocycles. The van der Waals surface area contributed by atoms with Crippen LogP contribution < -0.4 is 5.73 Å². The van der Waals surface area contributed by atoms with Crippen molar-refractivity contribution >= 4 is 21.4 Å². The van der Waals surface area contributed by atoms with Gasteiger partial charge in [0.25, 0.3) is 0 Å². The Kier molecular flexibility index (Phi) is 3.43. The smallest absolute Gasteiger partial charge is 0.326 e. The second kappa shape index (κ2) is 5.13. The molecule has 0 saturated heterocycles. The molecule has 0 saturated carbocycles. The van der Waals surface area contributed by atoms with Gasteiger partial charge >= 0.3 is 6.18 Å². The van der Waals surface area contributed by atoms with Gasteiger partial charge in [0.15, 0.2) is 0 Å². The van der Waals surface area contributed by atoms with Crippen molar-refractivity contribution in [3.8, 4) is 10.6 Å². The first kappa shape index (κ1) is 14.0. The Morgan fingerprint density at radius 2 is 1.95 bits per heavy atom. The van der Waals surface area contributed by atoms with Crippen LogP contribution >= 0.6 is 11.3 Å². The lowest BCUT2D eigenvalue weighted by molar-refractivity contribution is -0.136. The van der Waals surface area contributed by atoms with Crippen LogP contribution in [0.1, 0.15) is 11.1 Å². The molecule has 0 aliphatic heterocycles. The Hall–Kier alpha value is -1.92. The average molecular weight is 308 g/mol. The number of rotatable bonds is 2. The first-order chi connectivity index (χ1) is 9.99. The lowest BCUT2D eigenvalue weighted by Crippen LogP contribution is -2.04. The summed E-state index contributed by atoms with van der Waals surface area (Å²) >= 11 is 1.10. The van der Waals surface area contributed by atoms with Crippen molar-refractivity contribution in [2.45, 2.75) is 12.7 Å². The molecule has 2 heterocycles. The van der Waals surface area contributed by atoms with E-state index in [1.165, 1.54) is 6.07 Å². The molecule has 3 aromatic rings. The number of thiophene rings is 1. The molecule has 0 fully saturated rings. The molecule has 6 heteroatoms. The second-order valence-electron chi connectivity index (χ2n) is 4.59. The monoisotopic (exact) mass is 308 g/mol. The van der Waals surface area contributed by atoms with Crippen molar-refractivity contribution in [2.75, 3.05) is 0 Å². The number of fused-ring (bicyclic) bond motifs is 1. The highest BCUT2D eigenvalue weighted by Crippen LogP contribution is 2.41. The SMILES string of the molecule is NCc1ccnc(-c2cc3cccc(C(F)(F)F)c3s2)c1. The summed E-state index contributed by atoms with van der Waals surface area (Å²) in [6, 6.07) is 9.53. The largest absolute Gasteiger partial charge is 0.417 e. The fourth-order valence-corrected chi connectivity index (χ4v) is 3.31. The number of aromatic nitrogens is 1. The molecule has 3 rings (SSSR count). The van der Waals surface area contributed by atoms with Gasteiger partial charge in [-0.15, -0.1) is 11.3 Å². The average Bonchev–Trinajstić information content (AvgIpc) is 2.90. The van der Waals surface area contributed by atoms with E-state index in [1.807, 2.05) is 0 Å². The lowest BCUT2D eigenvalue weighted by atomic mass is 10.1. The topological polar surface area (TPSA) is 38.9 Å². The number of hydrogen-bond acceptors (Lipinski definition) is 3. The lowest BCUT2D eigenvalue weighted by Gasteiger charge is -2.06. The van der Waals surface area contributed by atoms with Crippen LogP contribution in [0.15, 0.2) is 42.6 Å². The standard InChI is InChI=1S/C15H11F3N2S/c16-15(17,18)11-3-1-2-10-7-13(21-14(10)11)12-6-9(8-19)4-5-20-12/h1-7H,8,19H2.